The van der Waals surface area contributed by atoms with E-state index in [4.69, 9.17) is 10.8 Å². The number of hydrogen-bond acceptors (Lipinski definition) is 2. The maximum atomic E-state index is 10.7. The van der Waals surface area contributed by atoms with Crippen LogP contribution in [-0.2, 0) is 4.79 Å². The predicted octanol–water partition coefficient (Wildman–Crippen LogP) is 3.57. The van der Waals surface area contributed by atoms with Crippen molar-refractivity contribution in [3.63, 3.8) is 0 Å². The predicted molar refractivity (Wildman–Crippen MR) is 72.0 cm³/mol. The molecule has 0 saturated carbocycles. The van der Waals surface area contributed by atoms with Crippen LogP contribution in [0.15, 0.2) is 0 Å². The first kappa shape index (κ1) is 16.4. The Morgan fingerprint density at radius 3 is 2.24 bits per heavy atom. The highest BCUT2D eigenvalue weighted by Gasteiger charge is 2.12. The number of unbranched alkanes of at least 4 members (excludes halogenated alkanes) is 5. The van der Waals surface area contributed by atoms with E-state index in [0.29, 0.717) is 18.9 Å². The quantitative estimate of drug-likeness (QED) is 0.515. The third kappa shape index (κ3) is 11.7. The fourth-order valence-corrected chi connectivity index (χ4v) is 2.22. The summed E-state index contributed by atoms with van der Waals surface area (Å²) in [5.74, 6) is -0.333. The van der Waals surface area contributed by atoms with E-state index in [1.54, 1.807) is 0 Å². The highest BCUT2D eigenvalue weighted by Crippen LogP contribution is 2.19. The van der Waals surface area contributed by atoms with Crippen molar-refractivity contribution >= 4 is 5.97 Å². The summed E-state index contributed by atoms with van der Waals surface area (Å²) in [4.78, 5) is 10.7. The lowest BCUT2D eigenvalue weighted by atomic mass is 9.93. The van der Waals surface area contributed by atoms with Gasteiger partial charge < -0.3 is 10.8 Å². The molecule has 3 nitrogen and oxygen atoms in total. The van der Waals surface area contributed by atoms with Crippen molar-refractivity contribution in [2.45, 2.75) is 71.1 Å². The molecule has 0 spiro atoms. The van der Waals surface area contributed by atoms with Crippen molar-refractivity contribution in [3.8, 4) is 0 Å². The van der Waals surface area contributed by atoms with E-state index in [1.165, 1.54) is 38.5 Å². The van der Waals surface area contributed by atoms with Crippen LogP contribution in [0.5, 0.6) is 0 Å². The van der Waals surface area contributed by atoms with Gasteiger partial charge in [0.2, 0.25) is 0 Å². The minimum atomic E-state index is -0.669. The molecule has 0 amide bonds. The second-order valence-corrected chi connectivity index (χ2v) is 4.95. The molecular weight excluding hydrogens is 214 g/mol. The van der Waals surface area contributed by atoms with Gasteiger partial charge in [-0.1, -0.05) is 45.4 Å². The standard InChI is InChI=1S/C14H29NO2/c1-2-3-4-5-6-7-9-13(10-8-11-15)12-14(16)17/h13H,2-12,15H2,1H3,(H,16,17). The zero-order valence-electron chi connectivity index (χ0n) is 11.3. The Bertz CT molecular complexity index is 183. The number of nitrogens with two attached hydrogens (primary N) is 1. The van der Waals surface area contributed by atoms with Gasteiger partial charge >= 0.3 is 5.97 Å². The van der Waals surface area contributed by atoms with Crippen molar-refractivity contribution in [1.29, 1.82) is 0 Å². The molecule has 0 aliphatic rings. The number of aliphatic carboxylic acids is 1. The van der Waals surface area contributed by atoms with E-state index in [-0.39, 0.29) is 0 Å². The first-order valence-corrected chi connectivity index (χ1v) is 7.12. The summed E-state index contributed by atoms with van der Waals surface area (Å²) in [5.41, 5.74) is 5.47. The summed E-state index contributed by atoms with van der Waals surface area (Å²) in [6.07, 6.45) is 10.9. The van der Waals surface area contributed by atoms with Crippen LogP contribution >= 0.6 is 0 Å². The molecule has 1 unspecified atom stereocenters. The summed E-state index contributed by atoms with van der Waals surface area (Å²) >= 11 is 0. The van der Waals surface area contributed by atoms with Gasteiger partial charge in [-0.05, 0) is 31.7 Å². The number of carboxylic acids is 1. The molecular formula is C14H29NO2. The van der Waals surface area contributed by atoms with Crippen LogP contribution in [0.25, 0.3) is 0 Å². The second kappa shape index (κ2) is 11.9. The van der Waals surface area contributed by atoms with Gasteiger partial charge in [0.15, 0.2) is 0 Å². The summed E-state index contributed by atoms with van der Waals surface area (Å²) in [6.45, 7) is 2.89. The van der Waals surface area contributed by atoms with Crippen LogP contribution in [0, 0.1) is 5.92 Å². The average molecular weight is 243 g/mol. The molecule has 0 aromatic carbocycles. The third-order valence-electron chi connectivity index (χ3n) is 3.25. The molecule has 0 aliphatic heterocycles. The lowest BCUT2D eigenvalue weighted by molar-refractivity contribution is -0.138. The van der Waals surface area contributed by atoms with Crippen LogP contribution in [0.3, 0.4) is 0 Å². The number of hydrogen-bond donors (Lipinski definition) is 2. The van der Waals surface area contributed by atoms with Gasteiger partial charge in [0.05, 0.1) is 0 Å². The molecule has 102 valence electrons. The van der Waals surface area contributed by atoms with E-state index in [2.05, 4.69) is 6.92 Å². The summed E-state index contributed by atoms with van der Waals surface area (Å²) < 4.78 is 0. The molecule has 0 saturated heterocycles. The largest absolute Gasteiger partial charge is 0.481 e. The zero-order chi connectivity index (χ0) is 12.9. The molecule has 0 aromatic heterocycles. The first-order valence-electron chi connectivity index (χ1n) is 7.12. The molecule has 0 aliphatic carbocycles. The van der Waals surface area contributed by atoms with Gasteiger partial charge in [-0.15, -0.1) is 0 Å². The lowest BCUT2D eigenvalue weighted by Crippen LogP contribution is -2.10. The van der Waals surface area contributed by atoms with E-state index in [9.17, 15) is 4.79 Å². The Morgan fingerprint density at radius 2 is 1.65 bits per heavy atom. The Kier molecular flexibility index (Phi) is 11.5. The van der Waals surface area contributed by atoms with E-state index in [0.717, 1.165) is 19.3 Å². The molecule has 3 N–H and O–H groups in total. The minimum Gasteiger partial charge on any atom is -0.481 e. The van der Waals surface area contributed by atoms with Crippen molar-refractivity contribution in [3.05, 3.63) is 0 Å². The monoisotopic (exact) mass is 243 g/mol. The van der Waals surface area contributed by atoms with E-state index < -0.39 is 5.97 Å². The molecule has 3 heteroatoms. The summed E-state index contributed by atoms with van der Waals surface area (Å²) in [7, 11) is 0. The van der Waals surface area contributed by atoms with Crippen LogP contribution in [0.1, 0.15) is 71.1 Å². The fourth-order valence-electron chi connectivity index (χ4n) is 2.22. The fraction of sp³-hybridized carbons (Fsp3) is 0.929. The maximum absolute atomic E-state index is 10.7. The molecule has 0 radical (unpaired) electrons. The van der Waals surface area contributed by atoms with Gasteiger partial charge in [-0.25, -0.2) is 0 Å². The van der Waals surface area contributed by atoms with Crippen molar-refractivity contribution in [1.82, 2.24) is 0 Å². The molecule has 0 aromatic rings. The van der Waals surface area contributed by atoms with Gasteiger partial charge in [0.1, 0.15) is 0 Å². The Hall–Kier alpha value is -0.570. The summed E-state index contributed by atoms with van der Waals surface area (Å²) in [5, 5.41) is 8.82. The highest BCUT2D eigenvalue weighted by molar-refractivity contribution is 5.66. The molecule has 1 atom stereocenters. The number of rotatable bonds is 12. The molecule has 0 heterocycles. The van der Waals surface area contributed by atoms with Gasteiger partial charge in [0, 0.05) is 6.42 Å². The van der Waals surface area contributed by atoms with Gasteiger partial charge in [-0.3, -0.25) is 4.79 Å². The normalized spacial score (nSPS) is 12.6. The zero-order valence-corrected chi connectivity index (χ0v) is 11.3. The highest BCUT2D eigenvalue weighted by atomic mass is 16.4. The Balaban J connectivity index is 3.56. The van der Waals surface area contributed by atoms with Gasteiger partial charge in [0.25, 0.3) is 0 Å². The van der Waals surface area contributed by atoms with Crippen molar-refractivity contribution in [2.24, 2.45) is 11.7 Å². The minimum absolute atomic E-state index is 0.314. The lowest BCUT2D eigenvalue weighted by Gasteiger charge is -2.13. The molecule has 0 fully saturated rings. The van der Waals surface area contributed by atoms with Crippen molar-refractivity contribution in [2.75, 3.05) is 6.54 Å². The maximum Gasteiger partial charge on any atom is 0.303 e. The first-order chi connectivity index (χ1) is 8.20. The SMILES string of the molecule is CCCCCCCCC(CCCN)CC(=O)O. The van der Waals surface area contributed by atoms with Crippen LogP contribution in [-0.4, -0.2) is 17.6 Å². The van der Waals surface area contributed by atoms with Crippen molar-refractivity contribution < 1.29 is 9.90 Å². The number of carboxylic acid groups (broad SMARTS) is 1. The Labute approximate surface area is 106 Å². The third-order valence-corrected chi connectivity index (χ3v) is 3.25. The second-order valence-electron chi connectivity index (χ2n) is 4.95. The van der Waals surface area contributed by atoms with E-state index in [1.807, 2.05) is 0 Å². The summed E-state index contributed by atoms with van der Waals surface area (Å²) in [6, 6.07) is 0. The van der Waals surface area contributed by atoms with Crippen LogP contribution in [0.2, 0.25) is 0 Å². The number of carbonyl (C=O) groups is 1. The van der Waals surface area contributed by atoms with E-state index >= 15 is 0 Å². The average Bonchev–Trinajstić information content (AvgIpc) is 2.29. The van der Waals surface area contributed by atoms with Crippen LogP contribution < -0.4 is 5.73 Å². The topological polar surface area (TPSA) is 63.3 Å². The Morgan fingerprint density at radius 1 is 1.06 bits per heavy atom. The molecule has 17 heavy (non-hydrogen) atoms. The molecule has 0 bridgehead atoms. The smallest absolute Gasteiger partial charge is 0.303 e. The van der Waals surface area contributed by atoms with Crippen LogP contribution in [0.4, 0.5) is 0 Å². The molecule has 0 rings (SSSR count). The van der Waals surface area contributed by atoms with Gasteiger partial charge in [-0.2, -0.15) is 0 Å².